The Morgan fingerprint density at radius 1 is 1.05 bits per heavy atom. The van der Waals surface area contributed by atoms with E-state index in [-0.39, 0.29) is 79.5 Å². The number of esters is 2. The minimum Gasteiger partial charge on any atom is -0.466 e. The first kappa shape index (κ1) is 32.6. The molecule has 8 heteroatoms. The monoisotopic (exact) mass is 586 g/mol. The Morgan fingerprint density at radius 2 is 1.69 bits per heavy atom. The fourth-order valence-electron chi connectivity index (χ4n) is 9.79. The molecule has 1 unspecified atom stereocenters. The van der Waals surface area contributed by atoms with Crippen LogP contribution in [0, 0.1) is 45.3 Å². The molecule has 0 spiro atoms. The molecule has 2 fully saturated rings. The molecular formula is C34H50O8. The summed E-state index contributed by atoms with van der Waals surface area (Å²) in [4.78, 5) is 65.3. The number of aliphatic hydroxyl groups is 1. The third-order valence-corrected chi connectivity index (χ3v) is 12.1. The van der Waals surface area contributed by atoms with E-state index in [1.165, 1.54) is 6.92 Å². The number of ketones is 3. The third-order valence-electron chi connectivity index (χ3n) is 12.1. The first-order valence-corrected chi connectivity index (χ1v) is 15.7. The van der Waals surface area contributed by atoms with Crippen LogP contribution in [0.25, 0.3) is 0 Å². The first-order chi connectivity index (χ1) is 19.4. The molecule has 1 N–H and O–H groups in total. The second-order valence-corrected chi connectivity index (χ2v) is 14.9. The van der Waals surface area contributed by atoms with Gasteiger partial charge in [-0.25, -0.2) is 0 Å². The Hall–Kier alpha value is -2.35. The molecule has 0 aromatic heterocycles. The molecular weight excluding hydrogens is 536 g/mol. The smallest absolute Gasteiger partial charge is 0.309 e. The van der Waals surface area contributed by atoms with Crippen molar-refractivity contribution in [1.82, 2.24) is 0 Å². The van der Waals surface area contributed by atoms with Gasteiger partial charge in [-0.05, 0) is 67.3 Å². The van der Waals surface area contributed by atoms with Crippen LogP contribution in [-0.4, -0.2) is 53.2 Å². The number of ether oxygens (including phenoxy) is 2. The Labute approximate surface area is 250 Å². The lowest BCUT2D eigenvalue weighted by Gasteiger charge is -2.62. The molecule has 4 aliphatic carbocycles. The van der Waals surface area contributed by atoms with Gasteiger partial charge < -0.3 is 14.6 Å². The standard InChI is InChI=1S/C34H50O8/c1-10-41-30(40)19(3)14-21(36)13-18(2)22-15-26(39)34(9)29-23(37)16-25-31(5,6)27(42-20(4)35)11-12-32(25,7)28(29)24(38)17-33(22,34)8/h18-19,22-23,25,27,37H,10-17H2,1-9H3/t18-,19?,22-,23+,25+,27+,32+,33-,34+/m1/s1. The van der Waals surface area contributed by atoms with E-state index in [2.05, 4.69) is 20.8 Å². The highest BCUT2D eigenvalue weighted by molar-refractivity contribution is 6.05. The summed E-state index contributed by atoms with van der Waals surface area (Å²) in [5.74, 6) is -1.84. The normalized spacial score (nSPS) is 38.6. The second-order valence-electron chi connectivity index (χ2n) is 14.9. The summed E-state index contributed by atoms with van der Waals surface area (Å²) in [5.41, 5.74) is -1.61. The van der Waals surface area contributed by atoms with E-state index in [9.17, 15) is 29.1 Å². The van der Waals surface area contributed by atoms with Crippen molar-refractivity contribution in [3.8, 4) is 0 Å². The molecule has 0 saturated heterocycles. The SMILES string of the molecule is CCOC(=O)C(C)CC(=O)C[C@@H](C)[C@H]1CC(=O)[C@@]2(C)C3=C(C(=O)C[C@]12C)[C@@]1(C)CC[C@H](OC(C)=O)C(C)(C)[C@@H]1C[C@@H]3O. The van der Waals surface area contributed by atoms with Gasteiger partial charge in [0, 0.05) is 43.6 Å². The molecule has 4 aliphatic rings. The topological polar surface area (TPSA) is 124 Å². The molecule has 234 valence electrons. The molecule has 42 heavy (non-hydrogen) atoms. The van der Waals surface area contributed by atoms with Crippen molar-refractivity contribution in [3.63, 3.8) is 0 Å². The zero-order valence-electron chi connectivity index (χ0n) is 26.9. The quantitative estimate of drug-likeness (QED) is 0.386. The highest BCUT2D eigenvalue weighted by atomic mass is 16.5. The molecule has 9 atom stereocenters. The molecule has 4 rings (SSSR count). The maximum absolute atomic E-state index is 14.3. The minimum atomic E-state index is -1.03. The van der Waals surface area contributed by atoms with Crippen molar-refractivity contribution in [1.29, 1.82) is 0 Å². The van der Waals surface area contributed by atoms with Crippen molar-refractivity contribution >= 4 is 29.3 Å². The Kier molecular flexibility index (Phi) is 8.51. The van der Waals surface area contributed by atoms with Gasteiger partial charge in [-0.1, -0.05) is 41.5 Å². The number of Topliss-reactive ketones (excluding diaryl/α,β-unsaturated/α-hetero) is 3. The van der Waals surface area contributed by atoms with Crippen molar-refractivity contribution in [3.05, 3.63) is 11.1 Å². The minimum absolute atomic E-state index is 0.0168. The van der Waals surface area contributed by atoms with Gasteiger partial charge in [0.05, 0.1) is 24.0 Å². The van der Waals surface area contributed by atoms with Crippen LogP contribution >= 0.6 is 0 Å². The predicted molar refractivity (Wildman–Crippen MR) is 156 cm³/mol. The van der Waals surface area contributed by atoms with Crippen LogP contribution in [0.4, 0.5) is 0 Å². The Balaban J connectivity index is 1.68. The van der Waals surface area contributed by atoms with Crippen LogP contribution in [0.2, 0.25) is 0 Å². The molecule has 0 radical (unpaired) electrons. The van der Waals surface area contributed by atoms with Crippen LogP contribution in [0.1, 0.15) is 107 Å². The van der Waals surface area contributed by atoms with E-state index in [1.807, 2.05) is 20.8 Å². The molecule has 0 aromatic rings. The van der Waals surface area contributed by atoms with E-state index < -0.39 is 39.7 Å². The van der Waals surface area contributed by atoms with Crippen LogP contribution in [0.15, 0.2) is 11.1 Å². The van der Waals surface area contributed by atoms with E-state index >= 15 is 0 Å². The number of carbonyl (C=O) groups excluding carboxylic acids is 5. The van der Waals surface area contributed by atoms with Gasteiger partial charge in [0.15, 0.2) is 5.78 Å². The Bertz CT molecular complexity index is 1210. The molecule has 0 amide bonds. The highest BCUT2D eigenvalue weighted by Gasteiger charge is 2.70. The van der Waals surface area contributed by atoms with E-state index in [1.54, 1.807) is 13.8 Å². The van der Waals surface area contributed by atoms with Crippen LogP contribution in [0.5, 0.6) is 0 Å². The van der Waals surface area contributed by atoms with Gasteiger partial charge >= 0.3 is 11.9 Å². The summed E-state index contributed by atoms with van der Waals surface area (Å²) in [5, 5.41) is 11.8. The molecule has 0 bridgehead atoms. The van der Waals surface area contributed by atoms with Gasteiger partial charge in [-0.3, -0.25) is 24.0 Å². The van der Waals surface area contributed by atoms with Crippen LogP contribution in [0.3, 0.4) is 0 Å². The number of fused-ring (bicyclic) bond motifs is 4. The number of aliphatic hydroxyl groups excluding tert-OH is 1. The van der Waals surface area contributed by atoms with Crippen molar-refractivity contribution < 1.29 is 38.6 Å². The van der Waals surface area contributed by atoms with Crippen LogP contribution in [-0.2, 0) is 33.4 Å². The number of hydrogen-bond donors (Lipinski definition) is 1. The highest BCUT2D eigenvalue weighted by Crippen LogP contribution is 2.70. The van der Waals surface area contributed by atoms with Gasteiger partial charge in [0.25, 0.3) is 0 Å². The summed E-state index contributed by atoms with van der Waals surface area (Å²) < 4.78 is 10.8. The molecule has 8 nitrogen and oxygen atoms in total. The summed E-state index contributed by atoms with van der Waals surface area (Å²) in [6.07, 6.45) is 1.05. The predicted octanol–water partition coefficient (Wildman–Crippen LogP) is 5.18. The van der Waals surface area contributed by atoms with Crippen molar-refractivity contribution in [2.75, 3.05) is 6.61 Å². The van der Waals surface area contributed by atoms with Gasteiger partial charge in [0.1, 0.15) is 17.7 Å². The van der Waals surface area contributed by atoms with Crippen molar-refractivity contribution in [2.45, 2.75) is 119 Å². The number of allylic oxidation sites excluding steroid dienone is 1. The summed E-state index contributed by atoms with van der Waals surface area (Å²) in [6, 6.07) is 0. The zero-order valence-corrected chi connectivity index (χ0v) is 26.9. The lowest BCUT2D eigenvalue weighted by atomic mass is 9.42. The number of rotatable bonds is 8. The second kappa shape index (κ2) is 11.0. The van der Waals surface area contributed by atoms with Gasteiger partial charge in [0.2, 0.25) is 0 Å². The Morgan fingerprint density at radius 3 is 2.29 bits per heavy atom. The van der Waals surface area contributed by atoms with E-state index in [0.717, 1.165) is 0 Å². The van der Waals surface area contributed by atoms with Gasteiger partial charge in [-0.15, -0.1) is 0 Å². The lowest BCUT2D eigenvalue weighted by Crippen LogP contribution is -2.61. The largest absolute Gasteiger partial charge is 0.466 e. The maximum Gasteiger partial charge on any atom is 0.309 e. The average Bonchev–Trinajstić information content (AvgIpc) is 3.08. The van der Waals surface area contributed by atoms with Crippen LogP contribution < -0.4 is 0 Å². The van der Waals surface area contributed by atoms with Crippen molar-refractivity contribution in [2.24, 2.45) is 45.3 Å². The molecule has 0 aromatic carbocycles. The average molecular weight is 587 g/mol. The lowest BCUT2D eigenvalue weighted by molar-refractivity contribution is -0.171. The summed E-state index contributed by atoms with van der Waals surface area (Å²) in [6.45, 7) is 17.2. The maximum atomic E-state index is 14.3. The fourth-order valence-corrected chi connectivity index (χ4v) is 9.79. The zero-order chi connectivity index (χ0) is 31.6. The first-order valence-electron chi connectivity index (χ1n) is 15.7. The van der Waals surface area contributed by atoms with E-state index in [0.29, 0.717) is 30.4 Å². The van der Waals surface area contributed by atoms with Gasteiger partial charge in [-0.2, -0.15) is 0 Å². The fraction of sp³-hybridized carbons (Fsp3) is 0.794. The number of hydrogen-bond acceptors (Lipinski definition) is 8. The summed E-state index contributed by atoms with van der Waals surface area (Å²) >= 11 is 0. The van der Waals surface area contributed by atoms with E-state index in [4.69, 9.17) is 9.47 Å². The molecule has 0 aliphatic heterocycles. The number of carbonyl (C=O) groups is 5. The molecule has 2 saturated carbocycles. The summed E-state index contributed by atoms with van der Waals surface area (Å²) in [7, 11) is 0. The molecule has 0 heterocycles. The third kappa shape index (κ3) is 4.80.